The van der Waals surface area contributed by atoms with Crippen molar-refractivity contribution < 1.29 is 4.79 Å². The molecule has 0 spiro atoms. The van der Waals surface area contributed by atoms with Crippen molar-refractivity contribution in [2.75, 3.05) is 11.1 Å². The molecule has 0 aliphatic heterocycles. The Balaban J connectivity index is 1.66. The fourth-order valence-corrected chi connectivity index (χ4v) is 3.68. The number of halogens is 2. The highest BCUT2D eigenvalue weighted by molar-refractivity contribution is 7.99. The van der Waals surface area contributed by atoms with E-state index in [0.29, 0.717) is 33.9 Å². The molecule has 3 rings (SSSR count). The second-order valence-corrected chi connectivity index (χ2v) is 7.81. The van der Waals surface area contributed by atoms with Crippen molar-refractivity contribution in [1.29, 1.82) is 0 Å². The third-order valence-electron chi connectivity index (χ3n) is 4.03. The fourth-order valence-electron chi connectivity index (χ4n) is 2.61. The summed E-state index contributed by atoms with van der Waals surface area (Å²) in [5, 5.41) is 12.9. The van der Waals surface area contributed by atoms with Crippen molar-refractivity contribution >= 4 is 46.6 Å². The monoisotopic (exact) mass is 435 g/mol. The SMILES string of the molecule is C=CCn1c(Cc2cccn2C)nnc1SCC(=O)Nc1ccc(Cl)c(Cl)c1. The summed E-state index contributed by atoms with van der Waals surface area (Å²) in [5.74, 6) is 0.856. The number of hydrogen-bond acceptors (Lipinski definition) is 4. The number of benzene rings is 1. The maximum Gasteiger partial charge on any atom is 0.234 e. The van der Waals surface area contributed by atoms with Gasteiger partial charge in [0.25, 0.3) is 0 Å². The average molecular weight is 436 g/mol. The van der Waals surface area contributed by atoms with E-state index in [4.69, 9.17) is 23.2 Å². The third-order valence-corrected chi connectivity index (χ3v) is 5.74. The summed E-state index contributed by atoms with van der Waals surface area (Å²) in [6.45, 7) is 4.38. The molecule has 2 aromatic heterocycles. The van der Waals surface area contributed by atoms with Crippen LogP contribution in [0.25, 0.3) is 0 Å². The molecule has 0 radical (unpaired) electrons. The molecule has 0 saturated carbocycles. The topological polar surface area (TPSA) is 64.7 Å². The van der Waals surface area contributed by atoms with Crippen LogP contribution in [-0.2, 0) is 24.8 Å². The molecular formula is C19H19Cl2N5OS. The van der Waals surface area contributed by atoms with Crippen molar-refractivity contribution in [2.45, 2.75) is 18.1 Å². The maximum absolute atomic E-state index is 12.3. The van der Waals surface area contributed by atoms with Gasteiger partial charge in [-0.2, -0.15) is 0 Å². The number of carbonyl (C=O) groups is 1. The number of thioether (sulfide) groups is 1. The number of allylic oxidation sites excluding steroid dienone is 1. The maximum atomic E-state index is 12.3. The number of carbonyl (C=O) groups excluding carboxylic acids is 1. The first-order valence-electron chi connectivity index (χ1n) is 8.49. The molecule has 0 atom stereocenters. The van der Waals surface area contributed by atoms with Gasteiger partial charge in [-0.3, -0.25) is 4.79 Å². The number of rotatable bonds is 8. The summed E-state index contributed by atoms with van der Waals surface area (Å²) >= 11 is 13.2. The Labute approximate surface area is 177 Å². The van der Waals surface area contributed by atoms with Gasteiger partial charge in [-0.1, -0.05) is 41.0 Å². The molecular weight excluding hydrogens is 417 g/mol. The minimum atomic E-state index is -0.166. The Bertz CT molecular complexity index is 998. The molecule has 0 bridgehead atoms. The Kier molecular flexibility index (Phi) is 6.83. The van der Waals surface area contributed by atoms with Crippen LogP contribution >= 0.6 is 35.0 Å². The van der Waals surface area contributed by atoms with Gasteiger partial charge in [-0.05, 0) is 30.3 Å². The largest absolute Gasteiger partial charge is 0.354 e. The number of hydrogen-bond donors (Lipinski definition) is 1. The van der Waals surface area contributed by atoms with Crippen molar-refractivity contribution in [2.24, 2.45) is 7.05 Å². The zero-order chi connectivity index (χ0) is 20.1. The molecule has 0 unspecified atom stereocenters. The van der Waals surface area contributed by atoms with Crippen LogP contribution in [0.5, 0.6) is 0 Å². The summed E-state index contributed by atoms with van der Waals surface area (Å²) in [5.41, 5.74) is 1.73. The Morgan fingerprint density at radius 3 is 2.79 bits per heavy atom. The van der Waals surface area contributed by atoms with Crippen LogP contribution in [-0.4, -0.2) is 31.0 Å². The summed E-state index contributed by atoms with van der Waals surface area (Å²) in [4.78, 5) is 12.3. The van der Waals surface area contributed by atoms with Crippen LogP contribution < -0.4 is 5.32 Å². The molecule has 0 aliphatic rings. The number of aromatic nitrogens is 4. The quantitative estimate of drug-likeness (QED) is 0.419. The standard InChI is InChI=1S/C19H19Cl2N5OS/c1-3-8-26-17(11-14-5-4-9-25(14)2)23-24-19(26)28-12-18(27)22-13-6-7-15(20)16(21)10-13/h3-7,9-10H,1,8,11-12H2,2H3,(H,22,27). The molecule has 3 aromatic rings. The summed E-state index contributed by atoms with van der Waals surface area (Å²) in [6, 6.07) is 9.00. The van der Waals surface area contributed by atoms with E-state index in [1.807, 2.05) is 34.5 Å². The predicted molar refractivity (Wildman–Crippen MR) is 114 cm³/mol. The van der Waals surface area contributed by atoms with E-state index in [1.165, 1.54) is 11.8 Å². The van der Waals surface area contributed by atoms with E-state index in [1.54, 1.807) is 24.3 Å². The molecule has 28 heavy (non-hydrogen) atoms. The summed E-state index contributed by atoms with van der Waals surface area (Å²) in [6.07, 6.45) is 4.44. The van der Waals surface area contributed by atoms with Crippen molar-refractivity contribution in [3.05, 3.63) is 70.7 Å². The predicted octanol–water partition coefficient (Wildman–Crippen LogP) is 4.43. The average Bonchev–Trinajstić information content (AvgIpc) is 3.24. The van der Waals surface area contributed by atoms with E-state index < -0.39 is 0 Å². The molecule has 1 N–H and O–H groups in total. The first-order chi connectivity index (χ1) is 13.5. The number of amides is 1. The van der Waals surface area contributed by atoms with Gasteiger partial charge in [-0.15, -0.1) is 16.8 Å². The highest BCUT2D eigenvalue weighted by atomic mass is 35.5. The molecule has 0 aliphatic carbocycles. The Morgan fingerprint density at radius 2 is 2.11 bits per heavy atom. The first-order valence-corrected chi connectivity index (χ1v) is 10.2. The van der Waals surface area contributed by atoms with Crippen LogP contribution in [0.1, 0.15) is 11.5 Å². The van der Waals surface area contributed by atoms with E-state index in [2.05, 4.69) is 22.1 Å². The van der Waals surface area contributed by atoms with Gasteiger partial charge < -0.3 is 14.5 Å². The van der Waals surface area contributed by atoms with E-state index in [9.17, 15) is 4.79 Å². The normalized spacial score (nSPS) is 10.8. The van der Waals surface area contributed by atoms with Gasteiger partial charge in [0.1, 0.15) is 5.82 Å². The zero-order valence-electron chi connectivity index (χ0n) is 15.2. The van der Waals surface area contributed by atoms with Crippen LogP contribution in [0.15, 0.2) is 54.3 Å². The first kappa shape index (κ1) is 20.5. The van der Waals surface area contributed by atoms with Gasteiger partial charge in [0.2, 0.25) is 5.91 Å². The molecule has 1 amide bonds. The lowest BCUT2D eigenvalue weighted by Gasteiger charge is -2.09. The van der Waals surface area contributed by atoms with Crippen LogP contribution in [0.3, 0.4) is 0 Å². The van der Waals surface area contributed by atoms with E-state index in [0.717, 1.165) is 11.5 Å². The third kappa shape index (κ3) is 4.98. The second-order valence-electron chi connectivity index (χ2n) is 6.05. The molecule has 1 aromatic carbocycles. The Hall–Kier alpha value is -2.22. The van der Waals surface area contributed by atoms with Gasteiger partial charge in [0.15, 0.2) is 5.16 Å². The number of anilines is 1. The Morgan fingerprint density at radius 1 is 1.29 bits per heavy atom. The van der Waals surface area contributed by atoms with Crippen molar-refractivity contribution in [3.8, 4) is 0 Å². The van der Waals surface area contributed by atoms with Crippen molar-refractivity contribution in [1.82, 2.24) is 19.3 Å². The zero-order valence-corrected chi connectivity index (χ0v) is 17.6. The van der Waals surface area contributed by atoms with Gasteiger partial charge in [0.05, 0.1) is 15.8 Å². The fraction of sp³-hybridized carbons (Fsp3) is 0.211. The van der Waals surface area contributed by atoms with Gasteiger partial charge in [-0.25, -0.2) is 0 Å². The summed E-state index contributed by atoms with van der Waals surface area (Å²) < 4.78 is 4.02. The summed E-state index contributed by atoms with van der Waals surface area (Å²) in [7, 11) is 1.99. The number of nitrogens with one attached hydrogen (secondary N) is 1. The second kappa shape index (κ2) is 9.32. The molecule has 6 nitrogen and oxygen atoms in total. The smallest absolute Gasteiger partial charge is 0.234 e. The number of aryl methyl sites for hydroxylation is 1. The minimum Gasteiger partial charge on any atom is -0.354 e. The highest BCUT2D eigenvalue weighted by Crippen LogP contribution is 2.25. The lowest BCUT2D eigenvalue weighted by Crippen LogP contribution is -2.15. The van der Waals surface area contributed by atoms with Gasteiger partial charge in [0, 0.05) is 37.6 Å². The van der Waals surface area contributed by atoms with Crippen molar-refractivity contribution in [3.63, 3.8) is 0 Å². The van der Waals surface area contributed by atoms with Crippen LogP contribution in [0, 0.1) is 0 Å². The highest BCUT2D eigenvalue weighted by Gasteiger charge is 2.15. The lowest BCUT2D eigenvalue weighted by atomic mass is 10.3. The minimum absolute atomic E-state index is 0.166. The van der Waals surface area contributed by atoms with Gasteiger partial charge >= 0.3 is 0 Å². The molecule has 9 heteroatoms. The molecule has 0 fully saturated rings. The number of nitrogens with zero attached hydrogens (tertiary/aromatic N) is 4. The van der Waals surface area contributed by atoms with E-state index in [-0.39, 0.29) is 11.7 Å². The molecule has 146 valence electrons. The van der Waals surface area contributed by atoms with Crippen LogP contribution in [0.4, 0.5) is 5.69 Å². The molecule has 0 saturated heterocycles. The van der Waals surface area contributed by atoms with E-state index >= 15 is 0 Å². The van der Waals surface area contributed by atoms with Crippen LogP contribution in [0.2, 0.25) is 10.0 Å². The lowest BCUT2D eigenvalue weighted by molar-refractivity contribution is -0.113. The molecule has 2 heterocycles.